The van der Waals surface area contributed by atoms with Gasteiger partial charge in [0.25, 0.3) is 11.8 Å². The molecule has 4 rings (SSSR count). The number of hydrogen-bond acceptors (Lipinski definition) is 5. The Bertz CT molecular complexity index is 1160. The molecule has 0 aliphatic carbocycles. The largest absolute Gasteiger partial charge is 0.496 e. The van der Waals surface area contributed by atoms with Crippen molar-refractivity contribution in [3.05, 3.63) is 77.9 Å². The fraction of sp³-hybridized carbons (Fsp3) is 0.231. The number of nitrogens with zero attached hydrogens (tertiary/aromatic N) is 1. The van der Waals surface area contributed by atoms with Gasteiger partial charge in [-0.25, -0.2) is 0 Å². The number of ether oxygens (including phenoxy) is 3. The molecular formula is C26H26N2O5. The van der Waals surface area contributed by atoms with Gasteiger partial charge in [-0.1, -0.05) is 24.3 Å². The first-order valence-corrected chi connectivity index (χ1v) is 10.8. The van der Waals surface area contributed by atoms with Gasteiger partial charge in [-0.15, -0.1) is 0 Å². The van der Waals surface area contributed by atoms with Gasteiger partial charge in [0.1, 0.15) is 17.2 Å². The number of anilines is 2. The zero-order valence-electron chi connectivity index (χ0n) is 18.7. The average Bonchev–Trinajstić information content (AvgIpc) is 2.83. The molecular weight excluding hydrogens is 420 g/mol. The topological polar surface area (TPSA) is 77.1 Å². The van der Waals surface area contributed by atoms with Crippen LogP contribution in [0, 0.1) is 6.92 Å². The lowest BCUT2D eigenvalue weighted by Crippen LogP contribution is -2.39. The summed E-state index contributed by atoms with van der Waals surface area (Å²) in [6.07, 6.45) is 0.650. The summed E-state index contributed by atoms with van der Waals surface area (Å²) in [6, 6.07) is 20.1. The molecule has 1 heterocycles. The average molecular weight is 447 g/mol. The Morgan fingerprint density at radius 2 is 1.94 bits per heavy atom. The molecule has 170 valence electrons. The highest BCUT2D eigenvalue weighted by molar-refractivity contribution is 6.07. The predicted octanol–water partition coefficient (Wildman–Crippen LogP) is 4.45. The molecule has 1 aliphatic heterocycles. The number of para-hydroxylation sites is 1. The van der Waals surface area contributed by atoms with Crippen molar-refractivity contribution in [1.29, 1.82) is 0 Å². The van der Waals surface area contributed by atoms with Gasteiger partial charge in [0, 0.05) is 12.2 Å². The fourth-order valence-electron chi connectivity index (χ4n) is 3.67. The number of fused-ring (bicyclic) bond motifs is 1. The standard InChI is InChI=1S/C26H26N2O5/c1-18-7-5-8-20(15-18)32-14-6-13-28-22-16-19(11-12-24(22)33-17-25(28)29)27-26(30)21-9-3-4-10-23(21)31-2/h3-5,7-12,15-16H,6,13-14,17H2,1-2H3,(H,27,30). The molecule has 3 aromatic rings. The van der Waals surface area contributed by atoms with Gasteiger partial charge in [0.05, 0.1) is 25.0 Å². The maximum absolute atomic E-state index is 12.8. The molecule has 0 saturated carbocycles. The van der Waals surface area contributed by atoms with Crippen molar-refractivity contribution < 1.29 is 23.8 Å². The lowest BCUT2D eigenvalue weighted by molar-refractivity contribution is -0.121. The van der Waals surface area contributed by atoms with E-state index in [1.807, 2.05) is 31.2 Å². The van der Waals surface area contributed by atoms with E-state index in [1.54, 1.807) is 47.4 Å². The number of aryl methyl sites for hydroxylation is 1. The van der Waals surface area contributed by atoms with Gasteiger partial charge in [-0.05, 0) is 61.4 Å². The second-order valence-corrected chi connectivity index (χ2v) is 7.69. The highest BCUT2D eigenvalue weighted by Gasteiger charge is 2.26. The van der Waals surface area contributed by atoms with Crippen molar-refractivity contribution in [3.63, 3.8) is 0 Å². The van der Waals surface area contributed by atoms with Crippen LogP contribution in [0.25, 0.3) is 0 Å². The van der Waals surface area contributed by atoms with Crippen molar-refractivity contribution in [1.82, 2.24) is 0 Å². The summed E-state index contributed by atoms with van der Waals surface area (Å²) in [5.74, 6) is 1.47. The Morgan fingerprint density at radius 3 is 2.76 bits per heavy atom. The van der Waals surface area contributed by atoms with E-state index in [-0.39, 0.29) is 18.4 Å². The Hall–Kier alpha value is -4.00. The van der Waals surface area contributed by atoms with E-state index in [0.717, 1.165) is 11.3 Å². The Balaban J connectivity index is 1.44. The minimum Gasteiger partial charge on any atom is -0.496 e. The zero-order valence-corrected chi connectivity index (χ0v) is 18.7. The lowest BCUT2D eigenvalue weighted by Gasteiger charge is -2.30. The molecule has 33 heavy (non-hydrogen) atoms. The minimum absolute atomic E-state index is 0.0152. The number of amides is 2. The first-order chi connectivity index (χ1) is 16.0. The third-order valence-electron chi connectivity index (χ3n) is 5.30. The SMILES string of the molecule is COc1ccccc1C(=O)Nc1ccc2c(c1)N(CCCOc1cccc(C)c1)C(=O)CO2. The van der Waals surface area contributed by atoms with Crippen molar-refractivity contribution >= 4 is 23.2 Å². The number of carbonyl (C=O) groups is 2. The van der Waals surface area contributed by atoms with Crippen LogP contribution in [0.1, 0.15) is 22.3 Å². The summed E-state index contributed by atoms with van der Waals surface area (Å²) in [5, 5.41) is 2.88. The number of methoxy groups -OCH3 is 1. The first kappa shape index (κ1) is 22.2. The number of benzene rings is 3. The van der Waals surface area contributed by atoms with Gasteiger partial charge in [0.15, 0.2) is 6.61 Å². The Morgan fingerprint density at radius 1 is 1.09 bits per heavy atom. The number of hydrogen-bond donors (Lipinski definition) is 1. The van der Waals surface area contributed by atoms with Gasteiger partial charge < -0.3 is 24.4 Å². The normalized spacial score (nSPS) is 12.5. The van der Waals surface area contributed by atoms with Crippen LogP contribution in [0.2, 0.25) is 0 Å². The molecule has 3 aromatic carbocycles. The third-order valence-corrected chi connectivity index (χ3v) is 5.30. The molecule has 0 bridgehead atoms. The van der Waals surface area contributed by atoms with Crippen molar-refractivity contribution in [3.8, 4) is 17.2 Å². The van der Waals surface area contributed by atoms with Crippen LogP contribution in [0.15, 0.2) is 66.7 Å². The highest BCUT2D eigenvalue weighted by Crippen LogP contribution is 2.35. The van der Waals surface area contributed by atoms with E-state index in [9.17, 15) is 9.59 Å². The van der Waals surface area contributed by atoms with Crippen LogP contribution in [0.3, 0.4) is 0 Å². The lowest BCUT2D eigenvalue weighted by atomic mass is 10.1. The fourth-order valence-corrected chi connectivity index (χ4v) is 3.67. The van der Waals surface area contributed by atoms with E-state index < -0.39 is 0 Å². The summed E-state index contributed by atoms with van der Waals surface area (Å²) in [5.41, 5.74) is 2.74. The summed E-state index contributed by atoms with van der Waals surface area (Å²) in [7, 11) is 1.52. The quantitative estimate of drug-likeness (QED) is 0.518. The van der Waals surface area contributed by atoms with Crippen LogP contribution in [0.4, 0.5) is 11.4 Å². The Kier molecular flexibility index (Phi) is 6.78. The number of carbonyl (C=O) groups excluding carboxylic acids is 2. The summed E-state index contributed by atoms with van der Waals surface area (Å²) >= 11 is 0. The zero-order chi connectivity index (χ0) is 23.2. The smallest absolute Gasteiger partial charge is 0.265 e. The number of nitrogens with one attached hydrogen (secondary N) is 1. The van der Waals surface area contributed by atoms with Crippen LogP contribution in [-0.2, 0) is 4.79 Å². The van der Waals surface area contributed by atoms with E-state index in [0.29, 0.717) is 48.0 Å². The van der Waals surface area contributed by atoms with Crippen LogP contribution in [-0.4, -0.2) is 38.7 Å². The summed E-state index contributed by atoms with van der Waals surface area (Å²) < 4.78 is 16.7. The van der Waals surface area contributed by atoms with E-state index >= 15 is 0 Å². The van der Waals surface area contributed by atoms with Crippen molar-refractivity contribution in [2.24, 2.45) is 0 Å². The van der Waals surface area contributed by atoms with E-state index in [2.05, 4.69) is 5.32 Å². The Labute approximate surface area is 192 Å². The van der Waals surface area contributed by atoms with Gasteiger partial charge in [-0.3, -0.25) is 9.59 Å². The molecule has 0 atom stereocenters. The molecule has 0 unspecified atom stereocenters. The molecule has 0 saturated heterocycles. The van der Waals surface area contributed by atoms with Gasteiger partial charge in [0.2, 0.25) is 0 Å². The number of rotatable bonds is 8. The molecule has 7 nitrogen and oxygen atoms in total. The molecule has 0 fully saturated rings. The molecule has 0 aromatic heterocycles. The monoisotopic (exact) mass is 446 g/mol. The maximum Gasteiger partial charge on any atom is 0.265 e. The molecule has 7 heteroatoms. The molecule has 1 aliphatic rings. The molecule has 2 amide bonds. The van der Waals surface area contributed by atoms with Crippen LogP contribution < -0.4 is 24.4 Å². The maximum atomic E-state index is 12.8. The second-order valence-electron chi connectivity index (χ2n) is 7.69. The van der Waals surface area contributed by atoms with E-state index in [1.165, 1.54) is 7.11 Å². The molecule has 0 radical (unpaired) electrons. The molecule has 0 spiro atoms. The van der Waals surface area contributed by atoms with Crippen molar-refractivity contribution in [2.45, 2.75) is 13.3 Å². The van der Waals surface area contributed by atoms with Crippen LogP contribution >= 0.6 is 0 Å². The third kappa shape index (κ3) is 5.26. The summed E-state index contributed by atoms with van der Waals surface area (Å²) in [6.45, 7) is 2.96. The minimum atomic E-state index is -0.298. The predicted molar refractivity (Wildman–Crippen MR) is 127 cm³/mol. The highest BCUT2D eigenvalue weighted by atomic mass is 16.5. The second kappa shape index (κ2) is 10.1. The van der Waals surface area contributed by atoms with Gasteiger partial charge >= 0.3 is 0 Å². The van der Waals surface area contributed by atoms with E-state index in [4.69, 9.17) is 14.2 Å². The summed E-state index contributed by atoms with van der Waals surface area (Å²) in [4.78, 5) is 27.0. The first-order valence-electron chi connectivity index (χ1n) is 10.8. The van der Waals surface area contributed by atoms with Crippen molar-refractivity contribution in [2.75, 3.05) is 37.1 Å². The van der Waals surface area contributed by atoms with Gasteiger partial charge in [-0.2, -0.15) is 0 Å². The molecule has 1 N–H and O–H groups in total. The van der Waals surface area contributed by atoms with Crippen LogP contribution in [0.5, 0.6) is 17.2 Å².